The molecule has 0 saturated carbocycles. The maximum atomic E-state index is 14.0. The lowest BCUT2D eigenvalue weighted by Crippen LogP contribution is -2.56. The van der Waals surface area contributed by atoms with E-state index in [1.807, 2.05) is 24.8 Å². The minimum absolute atomic E-state index is 0.00667. The van der Waals surface area contributed by atoms with Gasteiger partial charge in [-0.25, -0.2) is 36.2 Å². The molecule has 11 nitrogen and oxygen atoms in total. The summed E-state index contributed by atoms with van der Waals surface area (Å²) in [6.45, 7) is 13.6. The van der Waals surface area contributed by atoms with Gasteiger partial charge in [-0.05, 0) is 79.8 Å². The van der Waals surface area contributed by atoms with Gasteiger partial charge in [0.25, 0.3) is 0 Å². The minimum Gasteiger partial charge on any atom is -0.368 e. The molecule has 0 spiro atoms. The fraction of sp³-hybridized carbons (Fsp3) is 0.488. The molecule has 2 aromatic carbocycles. The summed E-state index contributed by atoms with van der Waals surface area (Å²) in [6, 6.07) is 13.1. The predicted molar refractivity (Wildman–Crippen MR) is 221 cm³/mol. The van der Waals surface area contributed by atoms with Crippen LogP contribution in [0.5, 0.6) is 0 Å². The first-order chi connectivity index (χ1) is 28.2. The van der Waals surface area contributed by atoms with E-state index in [0.29, 0.717) is 50.8 Å². The lowest BCUT2D eigenvalue weighted by molar-refractivity contribution is -0.141. The maximum Gasteiger partial charge on any atom is 0.433 e. The standard InChI is InChI=1S/C21H26F3N3O2S.C20H24F4N4O2S/c1-14(2)19-13-26(16-6-5-7-17(12-16)30(4,28)29)10-11-27(19)20-9-8-18(15(3)25-20)21(22,23)24;1-12(2)16-11-27(14-5-6-15(21)17(9-14)31(4,29)30)7-8-28(16)19-25-10-13(3)18(26-19)20(22,23)24/h5-9,12,14,19H,10-11,13H2,1-4H3;5-6,9-10,12,16H,7-8,11H2,1-4H3/t19-;16-/m00/s1. The smallest absolute Gasteiger partial charge is 0.368 e. The van der Waals surface area contributed by atoms with Gasteiger partial charge in [-0.3, -0.25) is 0 Å². The van der Waals surface area contributed by atoms with Crippen molar-refractivity contribution < 1.29 is 47.6 Å². The zero-order valence-electron chi connectivity index (χ0n) is 35.1. The molecule has 2 aliphatic heterocycles. The fourth-order valence-electron chi connectivity index (χ4n) is 7.51. The van der Waals surface area contributed by atoms with Gasteiger partial charge in [-0.1, -0.05) is 33.8 Å². The second-order valence-corrected chi connectivity index (χ2v) is 20.1. The quantitative estimate of drug-likeness (QED) is 0.161. The van der Waals surface area contributed by atoms with Gasteiger partial charge in [-0.15, -0.1) is 0 Å². The van der Waals surface area contributed by atoms with Gasteiger partial charge in [0, 0.05) is 69.4 Å². The van der Waals surface area contributed by atoms with Crippen LogP contribution < -0.4 is 19.6 Å². The van der Waals surface area contributed by atoms with E-state index in [-0.39, 0.29) is 50.9 Å². The molecular weight excluding hydrogens is 852 g/mol. The number of anilines is 4. The highest BCUT2D eigenvalue weighted by Gasteiger charge is 2.38. The number of halogens is 7. The first-order valence-electron chi connectivity index (χ1n) is 19.5. The van der Waals surface area contributed by atoms with E-state index in [2.05, 4.69) is 38.6 Å². The molecule has 4 heterocycles. The van der Waals surface area contributed by atoms with Crippen molar-refractivity contribution in [3.63, 3.8) is 0 Å². The summed E-state index contributed by atoms with van der Waals surface area (Å²) in [7, 11) is -7.05. The van der Waals surface area contributed by atoms with Crippen LogP contribution in [0.3, 0.4) is 0 Å². The predicted octanol–water partition coefficient (Wildman–Crippen LogP) is 7.86. The highest BCUT2D eigenvalue weighted by molar-refractivity contribution is 7.91. The van der Waals surface area contributed by atoms with Gasteiger partial charge in [0.1, 0.15) is 16.5 Å². The van der Waals surface area contributed by atoms with Gasteiger partial charge in [0.05, 0.1) is 28.2 Å². The average Bonchev–Trinajstić information content (AvgIpc) is 3.16. The number of rotatable bonds is 8. The van der Waals surface area contributed by atoms with E-state index in [1.165, 1.54) is 44.5 Å². The molecule has 2 atom stereocenters. The lowest BCUT2D eigenvalue weighted by atomic mass is 9.98. The molecule has 0 radical (unpaired) electrons. The third kappa shape index (κ3) is 11.2. The number of hydrogen-bond acceptors (Lipinski definition) is 11. The summed E-state index contributed by atoms with van der Waals surface area (Å²) in [5.74, 6) is -0.0267. The number of sulfone groups is 2. The Balaban J connectivity index is 0.000000231. The lowest BCUT2D eigenvalue weighted by Gasteiger charge is -2.45. The van der Waals surface area contributed by atoms with E-state index in [9.17, 15) is 47.6 Å². The first kappa shape index (κ1) is 47.3. The van der Waals surface area contributed by atoms with Gasteiger partial charge < -0.3 is 19.6 Å². The Hall–Kier alpha value is -4.72. The molecular formula is C41H50F7N7O4S2. The Kier molecular flexibility index (Phi) is 13.9. The molecule has 2 fully saturated rings. The summed E-state index contributed by atoms with van der Waals surface area (Å²) in [5, 5.41) is 0. The highest BCUT2D eigenvalue weighted by Crippen LogP contribution is 2.35. The van der Waals surface area contributed by atoms with Gasteiger partial charge >= 0.3 is 12.4 Å². The number of alkyl halides is 6. The Morgan fingerprint density at radius 1 is 0.689 bits per heavy atom. The van der Waals surface area contributed by atoms with Crippen molar-refractivity contribution in [2.75, 3.05) is 71.4 Å². The van der Waals surface area contributed by atoms with E-state index < -0.39 is 49.1 Å². The molecule has 2 aromatic heterocycles. The summed E-state index contributed by atoms with van der Waals surface area (Å²) in [5.41, 5.74) is -0.406. The van der Waals surface area contributed by atoms with Crippen LogP contribution in [0.25, 0.3) is 0 Å². The van der Waals surface area contributed by atoms with Crippen LogP contribution in [0, 0.1) is 31.5 Å². The molecule has 6 rings (SSSR count). The van der Waals surface area contributed by atoms with Crippen molar-refractivity contribution in [2.45, 2.75) is 75.8 Å². The van der Waals surface area contributed by atoms with Crippen molar-refractivity contribution in [1.29, 1.82) is 0 Å². The zero-order valence-corrected chi connectivity index (χ0v) is 36.7. The van der Waals surface area contributed by atoms with Crippen molar-refractivity contribution in [1.82, 2.24) is 15.0 Å². The van der Waals surface area contributed by atoms with E-state index in [4.69, 9.17) is 0 Å². The summed E-state index contributed by atoms with van der Waals surface area (Å²) < 4.78 is 141. The topological polar surface area (TPSA) is 120 Å². The Bertz CT molecular complexity index is 2430. The van der Waals surface area contributed by atoms with Crippen LogP contribution in [0.4, 0.5) is 53.9 Å². The fourth-order valence-corrected chi connectivity index (χ4v) is 8.93. The van der Waals surface area contributed by atoms with Crippen LogP contribution in [0.15, 0.2) is 70.6 Å². The third-order valence-electron chi connectivity index (χ3n) is 10.8. The first-order valence-corrected chi connectivity index (χ1v) is 23.2. The van der Waals surface area contributed by atoms with Gasteiger partial charge in [-0.2, -0.15) is 26.3 Å². The third-order valence-corrected chi connectivity index (χ3v) is 13.0. The molecule has 334 valence electrons. The number of piperazine rings is 2. The van der Waals surface area contributed by atoms with E-state index >= 15 is 0 Å². The van der Waals surface area contributed by atoms with Crippen LogP contribution >= 0.6 is 0 Å². The molecule has 20 heteroatoms. The minimum atomic E-state index is -4.58. The van der Waals surface area contributed by atoms with E-state index in [0.717, 1.165) is 24.1 Å². The van der Waals surface area contributed by atoms with Crippen molar-refractivity contribution in [3.05, 3.63) is 89.1 Å². The molecule has 0 N–H and O–H groups in total. The Morgan fingerprint density at radius 2 is 1.26 bits per heavy atom. The number of aryl methyl sites for hydroxylation is 2. The summed E-state index contributed by atoms with van der Waals surface area (Å²) >= 11 is 0. The average molecular weight is 902 g/mol. The maximum absolute atomic E-state index is 14.0. The SMILES string of the molecule is Cc1cnc(N2CCN(c3ccc(F)c(S(C)(=O)=O)c3)C[C@H]2C(C)C)nc1C(F)(F)F.Cc1nc(N2CCN(c3cccc(S(C)(=O)=O)c3)C[C@H]2C(C)C)ccc1C(F)(F)F. The molecule has 0 amide bonds. The zero-order chi connectivity index (χ0) is 45.4. The van der Waals surface area contributed by atoms with Crippen LogP contribution in [-0.4, -0.2) is 95.7 Å². The van der Waals surface area contributed by atoms with Crippen molar-refractivity contribution >= 4 is 42.8 Å². The monoisotopic (exact) mass is 901 g/mol. The van der Waals surface area contributed by atoms with Crippen LogP contribution in [-0.2, 0) is 32.0 Å². The molecule has 4 aromatic rings. The number of benzene rings is 2. The van der Waals surface area contributed by atoms with Crippen LogP contribution in [0.2, 0.25) is 0 Å². The number of hydrogen-bond donors (Lipinski definition) is 0. The molecule has 61 heavy (non-hydrogen) atoms. The molecule has 2 aliphatic rings. The number of pyridine rings is 1. The summed E-state index contributed by atoms with van der Waals surface area (Å²) in [4.78, 5) is 19.9. The summed E-state index contributed by atoms with van der Waals surface area (Å²) in [6.07, 6.45) is -5.70. The number of nitrogens with zero attached hydrogens (tertiary/aromatic N) is 7. The van der Waals surface area contributed by atoms with Crippen molar-refractivity contribution in [2.24, 2.45) is 11.8 Å². The molecule has 2 saturated heterocycles. The normalized spacial score (nSPS) is 18.1. The molecule has 0 aliphatic carbocycles. The second-order valence-electron chi connectivity index (χ2n) is 16.1. The van der Waals surface area contributed by atoms with Gasteiger partial charge in [0.15, 0.2) is 25.4 Å². The Morgan fingerprint density at radius 3 is 1.79 bits per heavy atom. The molecule has 0 unspecified atom stereocenters. The van der Waals surface area contributed by atoms with E-state index in [1.54, 1.807) is 23.1 Å². The molecule has 0 bridgehead atoms. The highest BCUT2D eigenvalue weighted by atomic mass is 32.2. The van der Waals surface area contributed by atoms with Crippen LogP contribution in [0.1, 0.15) is 50.2 Å². The largest absolute Gasteiger partial charge is 0.433 e. The number of aromatic nitrogens is 3. The Labute approximate surface area is 352 Å². The van der Waals surface area contributed by atoms with Gasteiger partial charge in [0.2, 0.25) is 5.95 Å². The second kappa shape index (κ2) is 17.9. The van der Waals surface area contributed by atoms with Crippen molar-refractivity contribution in [3.8, 4) is 0 Å².